The molecule has 2 N–H and O–H groups in total. The molecule has 0 aromatic carbocycles. The fraction of sp³-hybridized carbons (Fsp3) is 0.600. The van der Waals surface area contributed by atoms with E-state index in [1.54, 1.807) is 0 Å². The number of hydrogen-bond acceptors (Lipinski definition) is 3. The number of hydrogen-bond donors (Lipinski definition) is 2. The lowest BCUT2D eigenvalue weighted by Gasteiger charge is -2.01. The van der Waals surface area contributed by atoms with Crippen LogP contribution in [0.15, 0.2) is 6.07 Å². The summed E-state index contributed by atoms with van der Waals surface area (Å²) in [6.07, 6.45) is 1.24. The van der Waals surface area contributed by atoms with Gasteiger partial charge in [-0.2, -0.15) is 5.10 Å². The molecule has 0 radical (unpaired) electrons. The Morgan fingerprint density at radius 3 is 3.00 bits per heavy atom. The number of nitrogens with one attached hydrogen (secondary N) is 2. The molecule has 0 aliphatic rings. The van der Waals surface area contributed by atoms with E-state index >= 15 is 0 Å². The molecule has 0 bridgehead atoms. The highest BCUT2D eigenvalue weighted by Gasteiger charge is 2.04. The Balaban J connectivity index is 2.31. The molecule has 0 aliphatic carbocycles. The first-order chi connectivity index (χ1) is 7.26. The van der Waals surface area contributed by atoms with Crippen molar-refractivity contribution in [3.8, 4) is 0 Å². The Labute approximate surface area is 89.2 Å². The Morgan fingerprint density at radius 1 is 1.60 bits per heavy atom. The molecule has 0 saturated heterocycles. The van der Waals surface area contributed by atoms with Crippen LogP contribution in [0.1, 0.15) is 26.0 Å². The zero-order valence-corrected chi connectivity index (χ0v) is 9.17. The molecule has 1 heterocycles. The van der Waals surface area contributed by atoms with Gasteiger partial charge in [-0.3, -0.25) is 9.89 Å². The summed E-state index contributed by atoms with van der Waals surface area (Å²) in [6, 6.07) is 1.83. The highest BCUT2D eigenvalue weighted by Crippen LogP contribution is 2.05. The highest BCUT2D eigenvalue weighted by atomic mass is 16.5. The minimum Gasteiger partial charge on any atom is -0.381 e. The van der Waals surface area contributed by atoms with Crippen LogP contribution < -0.4 is 5.32 Å². The predicted octanol–water partition coefficient (Wildman–Crippen LogP) is 1.34. The van der Waals surface area contributed by atoms with Gasteiger partial charge in [0.1, 0.15) is 0 Å². The molecule has 15 heavy (non-hydrogen) atoms. The summed E-state index contributed by atoms with van der Waals surface area (Å²) in [5.74, 6) is 0.506. The van der Waals surface area contributed by atoms with Crippen LogP contribution in [0.5, 0.6) is 0 Å². The summed E-state index contributed by atoms with van der Waals surface area (Å²) in [5.41, 5.74) is 1.01. The van der Waals surface area contributed by atoms with Gasteiger partial charge in [0.05, 0.1) is 13.0 Å². The average Bonchev–Trinajstić information content (AvgIpc) is 2.66. The van der Waals surface area contributed by atoms with Gasteiger partial charge in [-0.05, 0) is 13.3 Å². The number of H-pyrrole nitrogens is 1. The molecule has 1 aromatic rings. The van der Waals surface area contributed by atoms with Gasteiger partial charge >= 0.3 is 0 Å². The lowest BCUT2D eigenvalue weighted by molar-refractivity contribution is -0.117. The third kappa shape index (κ3) is 4.12. The first-order valence-corrected chi connectivity index (χ1v) is 5.18. The van der Waals surface area contributed by atoms with Gasteiger partial charge in [-0.25, -0.2) is 0 Å². The monoisotopic (exact) mass is 211 g/mol. The van der Waals surface area contributed by atoms with Crippen molar-refractivity contribution in [2.24, 2.45) is 0 Å². The predicted molar refractivity (Wildman–Crippen MR) is 57.7 cm³/mol. The number of carbonyl (C=O) groups excluding carboxylic acids is 1. The number of anilines is 1. The number of aromatic nitrogens is 2. The van der Waals surface area contributed by atoms with E-state index in [4.69, 9.17) is 4.74 Å². The largest absolute Gasteiger partial charge is 0.381 e. The summed E-state index contributed by atoms with van der Waals surface area (Å²) in [5, 5.41) is 9.48. The molecule has 1 amide bonds. The normalized spacial score (nSPS) is 10.3. The van der Waals surface area contributed by atoms with Crippen molar-refractivity contribution >= 4 is 11.7 Å². The zero-order valence-electron chi connectivity index (χ0n) is 9.17. The van der Waals surface area contributed by atoms with E-state index in [0.717, 1.165) is 12.1 Å². The second kappa shape index (κ2) is 6.19. The molecule has 0 fully saturated rings. The molecule has 0 spiro atoms. The van der Waals surface area contributed by atoms with Crippen molar-refractivity contribution in [2.45, 2.75) is 26.7 Å². The number of aryl methyl sites for hydroxylation is 1. The van der Waals surface area contributed by atoms with Crippen LogP contribution in [-0.4, -0.2) is 29.3 Å². The molecule has 1 aromatic heterocycles. The van der Waals surface area contributed by atoms with Crippen LogP contribution in [0.2, 0.25) is 0 Å². The van der Waals surface area contributed by atoms with E-state index in [9.17, 15) is 4.79 Å². The van der Waals surface area contributed by atoms with Gasteiger partial charge in [-0.1, -0.05) is 6.92 Å². The second-order valence-corrected chi connectivity index (χ2v) is 3.13. The van der Waals surface area contributed by atoms with Gasteiger partial charge in [0, 0.05) is 18.4 Å². The van der Waals surface area contributed by atoms with Crippen molar-refractivity contribution in [1.82, 2.24) is 10.2 Å². The van der Waals surface area contributed by atoms with Crippen molar-refractivity contribution in [2.75, 3.05) is 18.5 Å². The summed E-state index contributed by atoms with van der Waals surface area (Å²) in [6.45, 7) is 5.01. The van der Waals surface area contributed by atoms with E-state index in [-0.39, 0.29) is 5.91 Å². The minimum atomic E-state index is -0.0717. The summed E-state index contributed by atoms with van der Waals surface area (Å²) < 4.78 is 5.08. The lowest BCUT2D eigenvalue weighted by Crippen LogP contribution is -2.14. The van der Waals surface area contributed by atoms with E-state index in [1.807, 2.05) is 19.9 Å². The summed E-state index contributed by atoms with van der Waals surface area (Å²) in [4.78, 5) is 11.3. The highest BCUT2D eigenvalue weighted by molar-refractivity contribution is 5.89. The van der Waals surface area contributed by atoms with Crippen LogP contribution in [0.4, 0.5) is 5.82 Å². The third-order valence-corrected chi connectivity index (χ3v) is 1.96. The topological polar surface area (TPSA) is 67.0 Å². The Hall–Kier alpha value is -1.36. The van der Waals surface area contributed by atoms with Crippen molar-refractivity contribution in [3.05, 3.63) is 11.8 Å². The average molecular weight is 211 g/mol. The maximum Gasteiger partial charge on any atom is 0.227 e. The maximum absolute atomic E-state index is 11.3. The molecule has 0 aliphatic heterocycles. The first-order valence-electron chi connectivity index (χ1n) is 5.18. The van der Waals surface area contributed by atoms with E-state index in [2.05, 4.69) is 15.5 Å². The van der Waals surface area contributed by atoms with Crippen LogP contribution in [0.25, 0.3) is 0 Å². The van der Waals surface area contributed by atoms with Crippen LogP contribution in [-0.2, 0) is 16.0 Å². The molecule has 0 saturated carbocycles. The zero-order chi connectivity index (χ0) is 11.1. The third-order valence-electron chi connectivity index (χ3n) is 1.96. The van der Waals surface area contributed by atoms with E-state index in [1.165, 1.54) is 0 Å². The van der Waals surface area contributed by atoms with Crippen LogP contribution in [0, 0.1) is 0 Å². The molecular formula is C10H17N3O2. The smallest absolute Gasteiger partial charge is 0.227 e. The van der Waals surface area contributed by atoms with Gasteiger partial charge in [0.2, 0.25) is 5.91 Å². The van der Waals surface area contributed by atoms with Crippen molar-refractivity contribution < 1.29 is 9.53 Å². The number of amides is 1. The lowest BCUT2D eigenvalue weighted by atomic mass is 10.3. The minimum absolute atomic E-state index is 0.0717. The summed E-state index contributed by atoms with van der Waals surface area (Å²) >= 11 is 0. The quantitative estimate of drug-likeness (QED) is 0.698. The van der Waals surface area contributed by atoms with E-state index < -0.39 is 0 Å². The standard InChI is InChI=1S/C10H17N3O2/c1-3-8-7-9(13-12-8)11-10(14)5-6-15-4-2/h7H,3-6H2,1-2H3,(H2,11,12,13,14). The fourth-order valence-corrected chi connectivity index (χ4v) is 1.12. The SMILES string of the molecule is CCOCCC(=O)Nc1cc(CC)[nH]n1. The molecule has 0 unspecified atom stereocenters. The number of aromatic amines is 1. The molecule has 5 nitrogen and oxygen atoms in total. The Bertz CT molecular complexity index is 309. The molecular weight excluding hydrogens is 194 g/mol. The Morgan fingerprint density at radius 2 is 2.40 bits per heavy atom. The molecule has 5 heteroatoms. The van der Waals surface area contributed by atoms with Gasteiger partial charge in [-0.15, -0.1) is 0 Å². The van der Waals surface area contributed by atoms with Gasteiger partial charge in [0.15, 0.2) is 5.82 Å². The van der Waals surface area contributed by atoms with Crippen LogP contribution >= 0.6 is 0 Å². The van der Waals surface area contributed by atoms with Gasteiger partial charge < -0.3 is 10.1 Å². The fourth-order valence-electron chi connectivity index (χ4n) is 1.12. The van der Waals surface area contributed by atoms with Crippen LogP contribution in [0.3, 0.4) is 0 Å². The molecule has 84 valence electrons. The maximum atomic E-state index is 11.3. The number of carbonyl (C=O) groups is 1. The number of ether oxygens (including phenoxy) is 1. The van der Waals surface area contributed by atoms with Gasteiger partial charge in [0.25, 0.3) is 0 Å². The second-order valence-electron chi connectivity index (χ2n) is 3.13. The number of nitrogens with zero attached hydrogens (tertiary/aromatic N) is 1. The first kappa shape index (κ1) is 11.7. The van der Waals surface area contributed by atoms with Crippen molar-refractivity contribution in [1.29, 1.82) is 0 Å². The molecule has 0 atom stereocenters. The summed E-state index contributed by atoms with van der Waals surface area (Å²) in [7, 11) is 0. The number of rotatable bonds is 6. The Kier molecular flexibility index (Phi) is 4.83. The molecule has 1 rings (SSSR count). The van der Waals surface area contributed by atoms with Crippen molar-refractivity contribution in [3.63, 3.8) is 0 Å². The van der Waals surface area contributed by atoms with E-state index in [0.29, 0.717) is 25.5 Å².